The molecule has 104 valence electrons. The Bertz CT molecular complexity index is 428. The summed E-state index contributed by atoms with van der Waals surface area (Å²) in [6.45, 7) is 3.69. The van der Waals surface area contributed by atoms with Crippen LogP contribution in [0.25, 0.3) is 0 Å². The molecule has 5 nitrogen and oxygen atoms in total. The van der Waals surface area contributed by atoms with E-state index in [-0.39, 0.29) is 5.91 Å². The van der Waals surface area contributed by atoms with Crippen LogP contribution in [0.4, 0.5) is 5.69 Å². The number of nitrogens with zero attached hydrogens (tertiary/aromatic N) is 2. The third-order valence-electron chi connectivity index (χ3n) is 3.44. The van der Waals surface area contributed by atoms with Crippen molar-refractivity contribution in [1.82, 2.24) is 10.2 Å². The Labute approximate surface area is 113 Å². The van der Waals surface area contributed by atoms with Crippen LogP contribution in [0.2, 0.25) is 0 Å². The van der Waals surface area contributed by atoms with E-state index < -0.39 is 0 Å². The molecule has 0 radical (unpaired) electrons. The van der Waals surface area contributed by atoms with Gasteiger partial charge in [0.15, 0.2) is 0 Å². The van der Waals surface area contributed by atoms with Gasteiger partial charge in [-0.25, -0.2) is 0 Å². The summed E-state index contributed by atoms with van der Waals surface area (Å²) in [5.74, 6) is 0.503. The van der Waals surface area contributed by atoms with Gasteiger partial charge < -0.3 is 20.2 Å². The summed E-state index contributed by atoms with van der Waals surface area (Å²) in [6, 6.07) is 7.34. The molecule has 0 unspecified atom stereocenters. The summed E-state index contributed by atoms with van der Waals surface area (Å²) in [6.07, 6.45) is 0.549. The average Bonchev–Trinajstić information content (AvgIpc) is 2.45. The zero-order chi connectivity index (χ0) is 13.7. The van der Waals surface area contributed by atoms with Gasteiger partial charge in [-0.1, -0.05) is 12.1 Å². The van der Waals surface area contributed by atoms with E-state index >= 15 is 0 Å². The second-order valence-corrected chi connectivity index (χ2v) is 4.71. The lowest BCUT2D eigenvalue weighted by molar-refractivity contribution is -0.131. The predicted octanol–water partition coefficient (Wildman–Crippen LogP) is 0.650. The molecule has 0 bridgehead atoms. The fraction of sp³-hybridized carbons (Fsp3) is 0.500. The highest BCUT2D eigenvalue weighted by atomic mass is 16.3. The summed E-state index contributed by atoms with van der Waals surface area (Å²) in [5, 5.41) is 12.8. The monoisotopic (exact) mass is 263 g/mol. The fourth-order valence-electron chi connectivity index (χ4n) is 2.32. The van der Waals surface area contributed by atoms with Crippen LogP contribution in [0, 0.1) is 0 Å². The van der Waals surface area contributed by atoms with Crippen LogP contribution in [-0.2, 0) is 4.79 Å². The number of hydrogen-bond donors (Lipinski definition) is 2. The van der Waals surface area contributed by atoms with Gasteiger partial charge in [-0.3, -0.25) is 4.79 Å². The molecule has 1 amide bonds. The summed E-state index contributed by atoms with van der Waals surface area (Å²) in [5.41, 5.74) is 0.852. The number of hydrogen-bond acceptors (Lipinski definition) is 4. The van der Waals surface area contributed by atoms with Crippen LogP contribution in [0.5, 0.6) is 5.75 Å². The number of benzene rings is 1. The first-order chi connectivity index (χ1) is 9.22. The number of aromatic hydroxyl groups is 1. The van der Waals surface area contributed by atoms with Crippen molar-refractivity contribution in [3.8, 4) is 5.75 Å². The molecule has 19 heavy (non-hydrogen) atoms. The molecule has 5 heteroatoms. The lowest BCUT2D eigenvalue weighted by Crippen LogP contribution is -2.49. The van der Waals surface area contributed by atoms with Crippen molar-refractivity contribution < 1.29 is 9.90 Å². The van der Waals surface area contributed by atoms with Crippen LogP contribution in [0.3, 0.4) is 0 Å². The standard InChI is InChI=1S/C14H21N3O2/c1-15-7-6-14(19)17-10-8-16(9-11-17)12-4-2-3-5-13(12)18/h2-5,15,18H,6-11H2,1H3. The lowest BCUT2D eigenvalue weighted by Gasteiger charge is -2.36. The van der Waals surface area contributed by atoms with Crippen LogP contribution >= 0.6 is 0 Å². The number of phenols is 1. The third kappa shape index (κ3) is 3.38. The van der Waals surface area contributed by atoms with E-state index in [2.05, 4.69) is 10.2 Å². The Hall–Kier alpha value is -1.75. The van der Waals surface area contributed by atoms with Crippen LogP contribution < -0.4 is 10.2 Å². The lowest BCUT2D eigenvalue weighted by atomic mass is 10.2. The van der Waals surface area contributed by atoms with E-state index in [1.165, 1.54) is 0 Å². The van der Waals surface area contributed by atoms with E-state index in [0.717, 1.165) is 38.4 Å². The predicted molar refractivity (Wildman–Crippen MR) is 75.4 cm³/mol. The highest BCUT2D eigenvalue weighted by Gasteiger charge is 2.21. The number of carbonyl (C=O) groups excluding carboxylic acids is 1. The van der Waals surface area contributed by atoms with E-state index in [4.69, 9.17) is 0 Å². The van der Waals surface area contributed by atoms with Crippen molar-refractivity contribution in [3.63, 3.8) is 0 Å². The molecule has 1 aliphatic rings. The molecule has 0 aromatic heterocycles. The largest absolute Gasteiger partial charge is 0.506 e. The minimum atomic E-state index is 0.200. The minimum Gasteiger partial charge on any atom is -0.506 e. The average molecular weight is 263 g/mol. The summed E-state index contributed by atoms with van der Waals surface area (Å²) in [7, 11) is 1.85. The summed E-state index contributed by atoms with van der Waals surface area (Å²) >= 11 is 0. The van der Waals surface area contributed by atoms with Gasteiger partial charge in [0.25, 0.3) is 0 Å². The maximum atomic E-state index is 11.9. The number of piperazine rings is 1. The van der Waals surface area contributed by atoms with Crippen molar-refractivity contribution in [2.24, 2.45) is 0 Å². The third-order valence-corrected chi connectivity index (χ3v) is 3.44. The number of carbonyl (C=O) groups is 1. The SMILES string of the molecule is CNCCC(=O)N1CCN(c2ccccc2O)CC1. The van der Waals surface area contributed by atoms with Crippen molar-refractivity contribution in [3.05, 3.63) is 24.3 Å². The molecular formula is C14H21N3O2. The normalized spacial score (nSPS) is 15.6. The Morgan fingerprint density at radius 3 is 2.58 bits per heavy atom. The highest BCUT2D eigenvalue weighted by Crippen LogP contribution is 2.27. The molecule has 1 aromatic carbocycles. The molecule has 0 atom stereocenters. The summed E-state index contributed by atoms with van der Waals surface area (Å²) < 4.78 is 0. The zero-order valence-electron chi connectivity index (χ0n) is 11.3. The van der Waals surface area contributed by atoms with Gasteiger partial charge in [0.05, 0.1) is 5.69 Å². The van der Waals surface area contributed by atoms with Crippen LogP contribution in [-0.4, -0.2) is 55.7 Å². The number of para-hydroxylation sites is 2. The number of nitrogens with one attached hydrogen (secondary N) is 1. The van der Waals surface area contributed by atoms with Gasteiger partial charge in [0, 0.05) is 39.1 Å². The minimum absolute atomic E-state index is 0.200. The molecule has 1 heterocycles. The zero-order valence-corrected chi connectivity index (χ0v) is 11.3. The first-order valence-electron chi connectivity index (χ1n) is 6.67. The Balaban J connectivity index is 1.89. The number of anilines is 1. The molecule has 0 spiro atoms. The molecule has 1 aromatic rings. The van der Waals surface area contributed by atoms with Crippen molar-refractivity contribution in [2.45, 2.75) is 6.42 Å². The topological polar surface area (TPSA) is 55.8 Å². The Kier molecular flexibility index (Phi) is 4.63. The maximum Gasteiger partial charge on any atom is 0.223 e. The van der Waals surface area contributed by atoms with Gasteiger partial charge in [-0.05, 0) is 19.2 Å². The number of phenolic OH excluding ortho intramolecular Hbond substituents is 1. The molecule has 0 aliphatic carbocycles. The molecule has 0 saturated carbocycles. The van der Waals surface area contributed by atoms with E-state index in [9.17, 15) is 9.90 Å². The molecule has 1 fully saturated rings. The Morgan fingerprint density at radius 2 is 1.95 bits per heavy atom. The van der Waals surface area contributed by atoms with Crippen LogP contribution in [0.15, 0.2) is 24.3 Å². The second kappa shape index (κ2) is 6.43. The Morgan fingerprint density at radius 1 is 1.26 bits per heavy atom. The van der Waals surface area contributed by atoms with E-state index in [1.807, 2.05) is 30.1 Å². The molecule has 1 aliphatic heterocycles. The smallest absolute Gasteiger partial charge is 0.223 e. The van der Waals surface area contributed by atoms with Gasteiger partial charge in [-0.15, -0.1) is 0 Å². The molecular weight excluding hydrogens is 242 g/mol. The first kappa shape index (κ1) is 13.7. The molecule has 2 N–H and O–H groups in total. The molecule has 2 rings (SSSR count). The highest BCUT2D eigenvalue weighted by molar-refractivity contribution is 5.76. The second-order valence-electron chi connectivity index (χ2n) is 4.71. The first-order valence-corrected chi connectivity index (χ1v) is 6.67. The summed E-state index contributed by atoms with van der Waals surface area (Å²) in [4.78, 5) is 15.9. The van der Waals surface area contributed by atoms with E-state index in [0.29, 0.717) is 12.2 Å². The van der Waals surface area contributed by atoms with Gasteiger partial charge in [0.2, 0.25) is 5.91 Å². The van der Waals surface area contributed by atoms with Crippen molar-refractivity contribution in [2.75, 3.05) is 44.7 Å². The van der Waals surface area contributed by atoms with Crippen molar-refractivity contribution >= 4 is 11.6 Å². The maximum absolute atomic E-state index is 11.9. The van der Waals surface area contributed by atoms with Gasteiger partial charge in [0.1, 0.15) is 5.75 Å². The van der Waals surface area contributed by atoms with Crippen molar-refractivity contribution in [1.29, 1.82) is 0 Å². The number of rotatable bonds is 4. The van der Waals surface area contributed by atoms with E-state index in [1.54, 1.807) is 6.07 Å². The van der Waals surface area contributed by atoms with Gasteiger partial charge >= 0.3 is 0 Å². The quantitative estimate of drug-likeness (QED) is 0.837. The van der Waals surface area contributed by atoms with Crippen LogP contribution in [0.1, 0.15) is 6.42 Å². The fourth-order valence-corrected chi connectivity index (χ4v) is 2.32. The molecule has 1 saturated heterocycles. The number of amides is 1. The van der Waals surface area contributed by atoms with Gasteiger partial charge in [-0.2, -0.15) is 0 Å².